The van der Waals surface area contributed by atoms with E-state index in [0.717, 1.165) is 21.3 Å². The van der Waals surface area contributed by atoms with Crippen LogP contribution in [0.15, 0.2) is 53.3 Å². The molecule has 4 nitrogen and oxygen atoms in total. The molecule has 0 aliphatic heterocycles. The summed E-state index contributed by atoms with van der Waals surface area (Å²) < 4.78 is 19.5. The molecule has 0 aliphatic rings. The van der Waals surface area contributed by atoms with Gasteiger partial charge in [-0.25, -0.2) is 4.98 Å². The number of aromatic nitrogens is 2. The van der Waals surface area contributed by atoms with Gasteiger partial charge in [0.15, 0.2) is 0 Å². The maximum absolute atomic E-state index is 8.29. The van der Waals surface area contributed by atoms with Crippen molar-refractivity contribution in [1.82, 2.24) is 9.55 Å². The standard InChI is InChI=1S/C14H11BrN2.O2S/c1-10-2-5-12(6-3-10)17-9-8-11-4-7-13(15)16-14(11)17;1-3-2/h2-9H,1H3;. The summed E-state index contributed by atoms with van der Waals surface area (Å²) >= 11 is 2.66. The van der Waals surface area contributed by atoms with Crippen LogP contribution in [-0.2, 0) is 11.6 Å². The van der Waals surface area contributed by atoms with E-state index in [9.17, 15) is 0 Å². The fourth-order valence-electron chi connectivity index (χ4n) is 1.90. The van der Waals surface area contributed by atoms with Gasteiger partial charge in [-0.2, -0.15) is 8.42 Å². The first-order valence-corrected chi connectivity index (χ1v) is 7.24. The minimum Gasteiger partial charge on any atom is -0.301 e. The lowest BCUT2D eigenvalue weighted by atomic mass is 10.2. The van der Waals surface area contributed by atoms with Crippen molar-refractivity contribution in [3.63, 3.8) is 0 Å². The first kappa shape index (κ1) is 14.6. The van der Waals surface area contributed by atoms with Gasteiger partial charge in [-0.05, 0) is 53.2 Å². The monoisotopic (exact) mass is 350 g/mol. The molecule has 0 saturated carbocycles. The fourth-order valence-corrected chi connectivity index (χ4v) is 2.20. The van der Waals surface area contributed by atoms with Crippen molar-refractivity contribution in [3.8, 4) is 5.69 Å². The predicted octanol–water partition coefficient (Wildman–Crippen LogP) is 3.43. The maximum atomic E-state index is 8.29. The highest BCUT2D eigenvalue weighted by molar-refractivity contribution is 9.10. The van der Waals surface area contributed by atoms with Gasteiger partial charge in [-0.3, -0.25) is 0 Å². The van der Waals surface area contributed by atoms with Gasteiger partial charge in [0.2, 0.25) is 0 Å². The Labute approximate surface area is 128 Å². The van der Waals surface area contributed by atoms with E-state index < -0.39 is 11.6 Å². The van der Waals surface area contributed by atoms with Crippen LogP contribution in [0.4, 0.5) is 0 Å². The Morgan fingerprint density at radius 3 is 2.35 bits per heavy atom. The summed E-state index contributed by atoms with van der Waals surface area (Å²) in [4.78, 5) is 4.51. The molecule has 2 aromatic heterocycles. The third-order valence-electron chi connectivity index (χ3n) is 2.81. The predicted molar refractivity (Wildman–Crippen MR) is 82.4 cm³/mol. The summed E-state index contributed by atoms with van der Waals surface area (Å²) in [5.41, 5.74) is 3.37. The minimum atomic E-state index is -0.750. The van der Waals surface area contributed by atoms with E-state index in [-0.39, 0.29) is 0 Å². The summed E-state index contributed by atoms with van der Waals surface area (Å²) in [7, 11) is 0. The van der Waals surface area contributed by atoms with Crippen LogP contribution in [0.2, 0.25) is 0 Å². The van der Waals surface area contributed by atoms with Crippen LogP contribution >= 0.6 is 15.9 Å². The van der Waals surface area contributed by atoms with Crippen LogP contribution in [0.25, 0.3) is 16.7 Å². The molecule has 1 aromatic carbocycles. The van der Waals surface area contributed by atoms with Gasteiger partial charge in [0, 0.05) is 17.3 Å². The molecule has 20 heavy (non-hydrogen) atoms. The Hall–Kier alpha value is -1.79. The van der Waals surface area contributed by atoms with Crippen LogP contribution in [0.5, 0.6) is 0 Å². The zero-order chi connectivity index (χ0) is 14.5. The number of pyridine rings is 1. The molecule has 0 atom stereocenters. The Morgan fingerprint density at radius 2 is 1.70 bits per heavy atom. The van der Waals surface area contributed by atoms with E-state index in [2.05, 4.69) is 75.0 Å². The third-order valence-corrected chi connectivity index (χ3v) is 3.26. The molecule has 0 N–H and O–H groups in total. The van der Waals surface area contributed by atoms with Gasteiger partial charge in [0.05, 0.1) is 0 Å². The summed E-state index contributed by atoms with van der Waals surface area (Å²) in [6, 6.07) is 14.5. The zero-order valence-electron chi connectivity index (χ0n) is 10.6. The van der Waals surface area contributed by atoms with E-state index in [0.29, 0.717) is 0 Å². The van der Waals surface area contributed by atoms with Crippen LogP contribution in [0, 0.1) is 6.92 Å². The van der Waals surface area contributed by atoms with Gasteiger partial charge in [-0.15, -0.1) is 0 Å². The molecule has 0 bridgehead atoms. The van der Waals surface area contributed by atoms with E-state index >= 15 is 0 Å². The first-order valence-electron chi connectivity index (χ1n) is 5.78. The number of fused-ring (bicyclic) bond motifs is 1. The van der Waals surface area contributed by atoms with Crippen LogP contribution < -0.4 is 0 Å². The molecule has 0 saturated heterocycles. The van der Waals surface area contributed by atoms with Gasteiger partial charge in [-0.1, -0.05) is 17.7 Å². The number of aryl methyl sites for hydroxylation is 1. The Balaban J connectivity index is 0.000000452. The highest BCUT2D eigenvalue weighted by Crippen LogP contribution is 2.21. The highest BCUT2D eigenvalue weighted by atomic mass is 79.9. The van der Waals surface area contributed by atoms with Gasteiger partial charge < -0.3 is 4.57 Å². The molecule has 0 radical (unpaired) electrons. The molecule has 0 amide bonds. The summed E-state index contributed by atoms with van der Waals surface area (Å²) in [5, 5.41) is 1.15. The number of rotatable bonds is 1. The summed E-state index contributed by atoms with van der Waals surface area (Å²) in [6.07, 6.45) is 2.05. The van der Waals surface area contributed by atoms with Gasteiger partial charge >= 0.3 is 11.6 Å². The lowest BCUT2D eigenvalue weighted by molar-refractivity contribution is 0.630. The largest absolute Gasteiger partial charge is 0.335 e. The molecular weight excluding hydrogens is 340 g/mol. The quantitative estimate of drug-likeness (QED) is 0.631. The smallest absolute Gasteiger partial charge is 0.301 e. The molecule has 2 heterocycles. The van der Waals surface area contributed by atoms with Crippen molar-refractivity contribution in [2.75, 3.05) is 0 Å². The number of halogens is 1. The van der Waals surface area contributed by atoms with Crippen molar-refractivity contribution >= 4 is 38.5 Å². The van der Waals surface area contributed by atoms with Gasteiger partial charge in [0.1, 0.15) is 10.3 Å². The number of hydrogen-bond acceptors (Lipinski definition) is 3. The molecule has 0 spiro atoms. The lowest BCUT2D eigenvalue weighted by Crippen LogP contribution is -1.93. The van der Waals surface area contributed by atoms with Gasteiger partial charge in [0.25, 0.3) is 0 Å². The first-order chi connectivity index (χ1) is 9.65. The SMILES string of the molecule is Cc1ccc(-n2ccc3ccc(Br)nc32)cc1.O=S=O. The molecule has 0 unspecified atom stereocenters. The van der Waals surface area contributed by atoms with Crippen molar-refractivity contribution in [2.24, 2.45) is 0 Å². The highest BCUT2D eigenvalue weighted by Gasteiger charge is 2.04. The second-order valence-electron chi connectivity index (χ2n) is 4.14. The van der Waals surface area contributed by atoms with Crippen LogP contribution in [0.3, 0.4) is 0 Å². The van der Waals surface area contributed by atoms with Crippen molar-refractivity contribution in [1.29, 1.82) is 0 Å². The topological polar surface area (TPSA) is 52.0 Å². The second kappa shape index (κ2) is 6.58. The normalized spacial score (nSPS) is 9.90. The Morgan fingerprint density at radius 1 is 1.05 bits per heavy atom. The minimum absolute atomic E-state index is 0.750. The average molecular weight is 351 g/mol. The average Bonchev–Trinajstić information content (AvgIpc) is 2.83. The van der Waals surface area contributed by atoms with E-state index in [1.54, 1.807) is 0 Å². The summed E-state index contributed by atoms with van der Waals surface area (Å²) in [6.45, 7) is 2.09. The van der Waals surface area contributed by atoms with E-state index in [1.807, 2.05) is 6.07 Å². The molecule has 0 aliphatic carbocycles. The lowest BCUT2D eigenvalue weighted by Gasteiger charge is -2.05. The van der Waals surface area contributed by atoms with E-state index in [1.165, 1.54) is 5.56 Å². The molecule has 6 heteroatoms. The number of hydrogen-bond donors (Lipinski definition) is 0. The van der Waals surface area contributed by atoms with Crippen molar-refractivity contribution in [2.45, 2.75) is 6.92 Å². The second-order valence-corrected chi connectivity index (χ2v) is 5.08. The zero-order valence-corrected chi connectivity index (χ0v) is 13.0. The molecular formula is C14H11BrN2O2S. The molecule has 0 fully saturated rings. The molecule has 102 valence electrons. The number of benzene rings is 1. The fraction of sp³-hybridized carbons (Fsp3) is 0.0714. The van der Waals surface area contributed by atoms with E-state index in [4.69, 9.17) is 8.42 Å². The Kier molecular flexibility index (Phi) is 4.81. The van der Waals surface area contributed by atoms with Crippen molar-refractivity contribution < 1.29 is 8.42 Å². The van der Waals surface area contributed by atoms with Crippen LogP contribution in [-0.4, -0.2) is 18.0 Å². The maximum Gasteiger partial charge on any atom is 0.335 e. The summed E-state index contributed by atoms with van der Waals surface area (Å²) in [5.74, 6) is 0. The van der Waals surface area contributed by atoms with Crippen LogP contribution in [0.1, 0.15) is 5.56 Å². The Bertz CT molecular complexity index is 762. The molecule has 3 rings (SSSR count). The third kappa shape index (κ3) is 3.20. The number of nitrogens with zero attached hydrogens (tertiary/aromatic N) is 2. The molecule has 3 aromatic rings. The van der Waals surface area contributed by atoms with Crippen molar-refractivity contribution in [3.05, 3.63) is 58.8 Å².